The number of amides is 2. The van der Waals surface area contributed by atoms with Gasteiger partial charge < -0.3 is 10.6 Å². The van der Waals surface area contributed by atoms with Crippen LogP contribution in [0.15, 0.2) is 24.3 Å². The molecule has 0 bridgehead atoms. The maximum absolute atomic E-state index is 12.5. The van der Waals surface area contributed by atoms with E-state index in [1.165, 1.54) is 12.1 Å². The van der Waals surface area contributed by atoms with E-state index in [9.17, 15) is 22.8 Å². The summed E-state index contributed by atoms with van der Waals surface area (Å²) in [7, 11) is 1.55. The number of hydrogen-bond donors (Lipinski definition) is 3. The lowest BCUT2D eigenvalue weighted by molar-refractivity contribution is -0.137. The molecule has 2 rings (SSSR count). The SMILES string of the molecule is CNC(=O)C1(NCC(=O)Nc2ccc(C(F)(F)F)cc2)CCCC1. The van der Waals surface area contributed by atoms with Crippen molar-refractivity contribution in [1.29, 1.82) is 0 Å². The number of rotatable bonds is 5. The molecule has 2 amide bonds. The molecule has 0 aromatic heterocycles. The molecule has 0 atom stereocenters. The molecule has 0 saturated heterocycles. The molecule has 1 fully saturated rings. The average molecular weight is 343 g/mol. The van der Waals surface area contributed by atoms with Crippen LogP contribution >= 0.6 is 0 Å². The Morgan fingerprint density at radius 1 is 1.12 bits per heavy atom. The van der Waals surface area contributed by atoms with E-state index in [2.05, 4.69) is 16.0 Å². The molecule has 0 radical (unpaired) electrons. The van der Waals surface area contributed by atoms with E-state index in [0.29, 0.717) is 12.8 Å². The lowest BCUT2D eigenvalue weighted by Crippen LogP contribution is -2.56. The third-order valence-corrected chi connectivity index (χ3v) is 4.20. The number of hydrogen-bond acceptors (Lipinski definition) is 3. The quantitative estimate of drug-likeness (QED) is 0.768. The van der Waals surface area contributed by atoms with E-state index in [1.807, 2.05) is 0 Å². The van der Waals surface area contributed by atoms with Crippen LogP contribution in [0.3, 0.4) is 0 Å². The molecule has 0 unspecified atom stereocenters. The molecule has 1 saturated carbocycles. The summed E-state index contributed by atoms with van der Waals surface area (Å²) in [5, 5.41) is 8.12. The summed E-state index contributed by atoms with van der Waals surface area (Å²) in [4.78, 5) is 24.0. The highest BCUT2D eigenvalue weighted by atomic mass is 19.4. The van der Waals surface area contributed by atoms with Crippen molar-refractivity contribution in [2.45, 2.75) is 37.4 Å². The van der Waals surface area contributed by atoms with Gasteiger partial charge in [-0.15, -0.1) is 0 Å². The standard InChI is InChI=1S/C16H20F3N3O2/c1-20-14(24)15(8-2-3-9-15)21-10-13(23)22-12-6-4-11(5-7-12)16(17,18)19/h4-7,21H,2-3,8-10H2,1H3,(H,20,24)(H,22,23). The number of likely N-dealkylation sites (N-methyl/N-ethyl adjacent to an activating group) is 1. The van der Waals surface area contributed by atoms with E-state index in [-0.39, 0.29) is 18.1 Å². The van der Waals surface area contributed by atoms with Crippen molar-refractivity contribution in [3.63, 3.8) is 0 Å². The Morgan fingerprint density at radius 2 is 1.71 bits per heavy atom. The number of carbonyl (C=O) groups is 2. The van der Waals surface area contributed by atoms with Gasteiger partial charge in [-0.25, -0.2) is 0 Å². The first-order valence-electron chi connectivity index (χ1n) is 7.71. The second-order valence-electron chi connectivity index (χ2n) is 5.85. The van der Waals surface area contributed by atoms with Crippen LogP contribution in [-0.4, -0.2) is 30.9 Å². The van der Waals surface area contributed by atoms with Crippen LogP contribution < -0.4 is 16.0 Å². The highest BCUT2D eigenvalue weighted by Gasteiger charge is 2.40. The van der Waals surface area contributed by atoms with Gasteiger partial charge in [0.1, 0.15) is 0 Å². The molecule has 24 heavy (non-hydrogen) atoms. The zero-order chi connectivity index (χ0) is 17.8. The smallest absolute Gasteiger partial charge is 0.358 e. The summed E-state index contributed by atoms with van der Waals surface area (Å²) in [6, 6.07) is 4.22. The summed E-state index contributed by atoms with van der Waals surface area (Å²) in [6.07, 6.45) is -1.30. The summed E-state index contributed by atoms with van der Waals surface area (Å²) >= 11 is 0. The van der Waals surface area contributed by atoms with E-state index in [1.54, 1.807) is 7.05 Å². The monoisotopic (exact) mass is 343 g/mol. The molecule has 1 aliphatic carbocycles. The Labute approximate surface area is 138 Å². The second kappa shape index (κ2) is 7.21. The van der Waals surface area contributed by atoms with Crippen molar-refractivity contribution in [1.82, 2.24) is 10.6 Å². The highest BCUT2D eigenvalue weighted by molar-refractivity contribution is 5.93. The number of anilines is 1. The largest absolute Gasteiger partial charge is 0.416 e. The minimum atomic E-state index is -4.41. The Balaban J connectivity index is 1.92. The van der Waals surface area contributed by atoms with Crippen molar-refractivity contribution in [2.24, 2.45) is 0 Å². The first kappa shape index (κ1) is 18.3. The number of nitrogens with one attached hydrogen (secondary N) is 3. The average Bonchev–Trinajstić information content (AvgIpc) is 3.02. The van der Waals surface area contributed by atoms with Crippen molar-refractivity contribution >= 4 is 17.5 Å². The van der Waals surface area contributed by atoms with Crippen molar-refractivity contribution in [2.75, 3.05) is 18.9 Å². The fraction of sp³-hybridized carbons (Fsp3) is 0.500. The van der Waals surface area contributed by atoms with Crippen LogP contribution in [0.4, 0.5) is 18.9 Å². The van der Waals surface area contributed by atoms with Crippen LogP contribution in [0, 0.1) is 0 Å². The topological polar surface area (TPSA) is 70.2 Å². The molecule has 8 heteroatoms. The Bertz CT molecular complexity index is 594. The van der Waals surface area contributed by atoms with Crippen molar-refractivity contribution in [3.8, 4) is 0 Å². The van der Waals surface area contributed by atoms with Crippen LogP contribution in [0.1, 0.15) is 31.2 Å². The predicted molar refractivity (Wildman–Crippen MR) is 83.3 cm³/mol. The maximum atomic E-state index is 12.5. The van der Waals surface area contributed by atoms with Gasteiger partial charge >= 0.3 is 6.18 Å². The molecule has 3 N–H and O–H groups in total. The van der Waals surface area contributed by atoms with Gasteiger partial charge in [0.2, 0.25) is 11.8 Å². The first-order chi connectivity index (χ1) is 11.3. The zero-order valence-corrected chi connectivity index (χ0v) is 13.3. The van der Waals surface area contributed by atoms with Gasteiger partial charge in [0.25, 0.3) is 0 Å². The van der Waals surface area contributed by atoms with E-state index >= 15 is 0 Å². The molecular weight excluding hydrogens is 323 g/mol. The maximum Gasteiger partial charge on any atom is 0.416 e. The number of alkyl halides is 3. The lowest BCUT2D eigenvalue weighted by atomic mass is 9.96. The molecule has 1 aromatic carbocycles. The van der Waals surface area contributed by atoms with Crippen LogP contribution in [-0.2, 0) is 15.8 Å². The van der Waals surface area contributed by atoms with Gasteiger partial charge in [0, 0.05) is 12.7 Å². The Kier molecular flexibility index (Phi) is 5.48. The fourth-order valence-corrected chi connectivity index (χ4v) is 2.90. The minimum absolute atomic E-state index is 0.0888. The molecule has 0 aliphatic heterocycles. The highest BCUT2D eigenvalue weighted by Crippen LogP contribution is 2.30. The van der Waals surface area contributed by atoms with Gasteiger partial charge in [-0.2, -0.15) is 13.2 Å². The summed E-state index contributed by atoms with van der Waals surface area (Å²) in [5.41, 5.74) is -1.25. The minimum Gasteiger partial charge on any atom is -0.358 e. The van der Waals surface area contributed by atoms with Gasteiger partial charge in [0.05, 0.1) is 17.6 Å². The molecular formula is C16H20F3N3O2. The van der Waals surface area contributed by atoms with Crippen LogP contribution in [0.2, 0.25) is 0 Å². The first-order valence-corrected chi connectivity index (χ1v) is 7.71. The summed E-state index contributed by atoms with van der Waals surface area (Å²) in [5.74, 6) is -0.563. The zero-order valence-electron chi connectivity index (χ0n) is 13.3. The van der Waals surface area contributed by atoms with Gasteiger partial charge in [-0.3, -0.25) is 14.9 Å². The number of carbonyl (C=O) groups excluding carboxylic acids is 2. The molecule has 1 aliphatic rings. The van der Waals surface area contributed by atoms with Gasteiger partial charge in [-0.05, 0) is 37.1 Å². The summed E-state index contributed by atoms with van der Waals surface area (Å²) in [6.45, 7) is -0.0888. The Hall–Kier alpha value is -2.09. The van der Waals surface area contributed by atoms with Gasteiger partial charge in [-0.1, -0.05) is 12.8 Å². The van der Waals surface area contributed by atoms with E-state index in [4.69, 9.17) is 0 Å². The second-order valence-corrected chi connectivity index (χ2v) is 5.85. The van der Waals surface area contributed by atoms with Crippen molar-refractivity contribution < 1.29 is 22.8 Å². The van der Waals surface area contributed by atoms with E-state index in [0.717, 1.165) is 25.0 Å². The van der Waals surface area contributed by atoms with Crippen LogP contribution in [0.25, 0.3) is 0 Å². The summed E-state index contributed by atoms with van der Waals surface area (Å²) < 4.78 is 37.5. The molecule has 0 spiro atoms. The fourth-order valence-electron chi connectivity index (χ4n) is 2.90. The number of benzene rings is 1. The molecule has 5 nitrogen and oxygen atoms in total. The van der Waals surface area contributed by atoms with Crippen molar-refractivity contribution in [3.05, 3.63) is 29.8 Å². The van der Waals surface area contributed by atoms with Gasteiger partial charge in [0.15, 0.2) is 0 Å². The third-order valence-electron chi connectivity index (χ3n) is 4.20. The number of halogens is 3. The molecule has 1 aromatic rings. The van der Waals surface area contributed by atoms with Crippen LogP contribution in [0.5, 0.6) is 0 Å². The molecule has 0 heterocycles. The molecule has 132 valence electrons. The lowest BCUT2D eigenvalue weighted by Gasteiger charge is -2.28. The Morgan fingerprint density at radius 3 is 2.21 bits per heavy atom. The van der Waals surface area contributed by atoms with E-state index < -0.39 is 23.2 Å². The normalized spacial score (nSPS) is 16.7. The predicted octanol–water partition coefficient (Wildman–Crippen LogP) is 2.29. The third kappa shape index (κ3) is 4.25.